The second kappa shape index (κ2) is 4.67. The van der Waals surface area contributed by atoms with Crippen LogP contribution >= 0.6 is 11.8 Å². The van der Waals surface area contributed by atoms with E-state index < -0.39 is 0 Å². The van der Waals surface area contributed by atoms with Gasteiger partial charge in [-0.15, -0.1) is 0 Å². The molecule has 2 N–H and O–H groups in total. The molecule has 0 radical (unpaired) electrons. The van der Waals surface area contributed by atoms with Gasteiger partial charge in [-0.05, 0) is 49.7 Å². The van der Waals surface area contributed by atoms with Gasteiger partial charge >= 0.3 is 0 Å². The molecule has 13 heavy (non-hydrogen) atoms. The fraction of sp³-hybridized carbons (Fsp3) is 1.00. The van der Waals surface area contributed by atoms with Crippen LogP contribution < -0.4 is 5.32 Å². The number of aliphatic hydroxyl groups is 1. The van der Waals surface area contributed by atoms with Crippen molar-refractivity contribution >= 4 is 11.8 Å². The van der Waals surface area contributed by atoms with Crippen molar-refractivity contribution in [2.75, 3.05) is 18.1 Å². The topological polar surface area (TPSA) is 32.3 Å². The highest BCUT2D eigenvalue weighted by molar-refractivity contribution is 7.99. The van der Waals surface area contributed by atoms with Gasteiger partial charge in [0.2, 0.25) is 0 Å². The Bertz CT molecular complexity index is 159. The number of rotatable bonds is 3. The summed E-state index contributed by atoms with van der Waals surface area (Å²) in [7, 11) is 0. The summed E-state index contributed by atoms with van der Waals surface area (Å²) in [4.78, 5) is 0. The number of hydrogen-bond acceptors (Lipinski definition) is 3. The van der Waals surface area contributed by atoms with E-state index in [1.54, 1.807) is 0 Å². The Morgan fingerprint density at radius 2 is 2.23 bits per heavy atom. The third-order valence-corrected chi connectivity index (χ3v) is 4.40. The van der Waals surface area contributed by atoms with Gasteiger partial charge in [0, 0.05) is 6.04 Å². The van der Waals surface area contributed by atoms with E-state index in [1.165, 1.54) is 30.8 Å². The van der Waals surface area contributed by atoms with Gasteiger partial charge in [0.25, 0.3) is 0 Å². The molecule has 1 heterocycles. The molecule has 1 aliphatic carbocycles. The number of thioether (sulfide) groups is 1. The molecule has 1 saturated heterocycles. The monoisotopic (exact) mass is 201 g/mol. The average molecular weight is 201 g/mol. The van der Waals surface area contributed by atoms with Gasteiger partial charge in [-0.3, -0.25) is 0 Å². The Morgan fingerprint density at radius 3 is 2.85 bits per heavy atom. The standard InChI is InChI=1S/C10H19NOS/c12-10-3-1-2-9(10)11-6-8-4-5-13-7-8/h8-12H,1-7H2. The number of nitrogens with one attached hydrogen (secondary N) is 1. The first-order valence-corrected chi connectivity index (χ1v) is 6.51. The molecule has 3 unspecified atom stereocenters. The minimum Gasteiger partial charge on any atom is -0.392 e. The summed E-state index contributed by atoms with van der Waals surface area (Å²) in [6.45, 7) is 1.12. The van der Waals surface area contributed by atoms with Gasteiger partial charge < -0.3 is 10.4 Å². The maximum absolute atomic E-state index is 9.60. The van der Waals surface area contributed by atoms with Crippen LogP contribution in [0.1, 0.15) is 25.7 Å². The zero-order valence-corrected chi connectivity index (χ0v) is 8.85. The molecule has 0 bridgehead atoms. The Labute approximate surface area is 84.5 Å². The molecule has 0 aromatic carbocycles. The van der Waals surface area contributed by atoms with E-state index in [-0.39, 0.29) is 6.10 Å². The molecule has 0 aromatic rings. The largest absolute Gasteiger partial charge is 0.392 e. The number of hydrogen-bond donors (Lipinski definition) is 2. The molecule has 3 heteroatoms. The van der Waals surface area contributed by atoms with E-state index in [2.05, 4.69) is 17.1 Å². The quantitative estimate of drug-likeness (QED) is 0.720. The summed E-state index contributed by atoms with van der Waals surface area (Å²) < 4.78 is 0. The third kappa shape index (κ3) is 2.61. The molecule has 2 fully saturated rings. The van der Waals surface area contributed by atoms with Crippen LogP contribution in [0, 0.1) is 5.92 Å². The Balaban J connectivity index is 1.66. The molecule has 2 nitrogen and oxygen atoms in total. The lowest BCUT2D eigenvalue weighted by molar-refractivity contribution is 0.147. The molecule has 1 saturated carbocycles. The van der Waals surface area contributed by atoms with Crippen molar-refractivity contribution in [2.24, 2.45) is 5.92 Å². The lowest BCUT2D eigenvalue weighted by Crippen LogP contribution is -2.38. The van der Waals surface area contributed by atoms with Gasteiger partial charge in [0.15, 0.2) is 0 Å². The van der Waals surface area contributed by atoms with Crippen LogP contribution in [-0.4, -0.2) is 35.3 Å². The molecule has 3 atom stereocenters. The van der Waals surface area contributed by atoms with E-state index >= 15 is 0 Å². The van der Waals surface area contributed by atoms with Crippen molar-refractivity contribution in [2.45, 2.75) is 37.8 Å². The molecular weight excluding hydrogens is 182 g/mol. The predicted octanol–water partition coefficient (Wildman–Crippen LogP) is 1.24. The molecular formula is C10H19NOS. The van der Waals surface area contributed by atoms with Crippen LogP contribution in [0.25, 0.3) is 0 Å². The van der Waals surface area contributed by atoms with Gasteiger partial charge in [-0.25, -0.2) is 0 Å². The molecule has 2 rings (SSSR count). The van der Waals surface area contributed by atoms with Crippen molar-refractivity contribution < 1.29 is 5.11 Å². The van der Waals surface area contributed by atoms with Crippen LogP contribution in [-0.2, 0) is 0 Å². The maximum Gasteiger partial charge on any atom is 0.0693 e. The van der Waals surface area contributed by atoms with Crippen LogP contribution in [0.2, 0.25) is 0 Å². The summed E-state index contributed by atoms with van der Waals surface area (Å²) in [5.41, 5.74) is 0. The fourth-order valence-corrected chi connectivity index (χ4v) is 3.53. The predicted molar refractivity (Wildman–Crippen MR) is 57.1 cm³/mol. The lowest BCUT2D eigenvalue weighted by Gasteiger charge is -2.18. The molecule has 76 valence electrons. The first-order valence-electron chi connectivity index (χ1n) is 5.35. The first-order chi connectivity index (χ1) is 6.36. The van der Waals surface area contributed by atoms with Crippen molar-refractivity contribution in [3.8, 4) is 0 Å². The molecule has 0 amide bonds. The molecule has 0 spiro atoms. The Morgan fingerprint density at radius 1 is 1.31 bits per heavy atom. The highest BCUT2D eigenvalue weighted by Gasteiger charge is 2.25. The third-order valence-electron chi connectivity index (χ3n) is 3.17. The summed E-state index contributed by atoms with van der Waals surface area (Å²) in [5.74, 6) is 3.51. The van der Waals surface area contributed by atoms with Crippen molar-refractivity contribution in [1.82, 2.24) is 5.32 Å². The lowest BCUT2D eigenvalue weighted by atomic mass is 10.1. The van der Waals surface area contributed by atoms with Gasteiger partial charge in [-0.1, -0.05) is 0 Å². The average Bonchev–Trinajstić information content (AvgIpc) is 2.72. The smallest absolute Gasteiger partial charge is 0.0693 e. The van der Waals surface area contributed by atoms with Gasteiger partial charge in [0.05, 0.1) is 6.10 Å². The van der Waals surface area contributed by atoms with E-state index in [0.717, 1.165) is 18.9 Å². The van der Waals surface area contributed by atoms with Crippen LogP contribution in [0.4, 0.5) is 0 Å². The van der Waals surface area contributed by atoms with E-state index in [1.807, 2.05) is 0 Å². The molecule has 1 aliphatic heterocycles. The Hall–Kier alpha value is 0.270. The van der Waals surface area contributed by atoms with Crippen LogP contribution in [0.5, 0.6) is 0 Å². The zero-order chi connectivity index (χ0) is 9.10. The van der Waals surface area contributed by atoms with Gasteiger partial charge in [0.1, 0.15) is 0 Å². The minimum atomic E-state index is -0.0749. The summed E-state index contributed by atoms with van der Waals surface area (Å²) in [5, 5.41) is 13.1. The second-order valence-corrected chi connectivity index (χ2v) is 5.39. The Kier molecular flexibility index (Phi) is 3.52. The normalized spacial score (nSPS) is 39.9. The highest BCUT2D eigenvalue weighted by atomic mass is 32.2. The van der Waals surface area contributed by atoms with Crippen molar-refractivity contribution in [3.05, 3.63) is 0 Å². The zero-order valence-electron chi connectivity index (χ0n) is 8.04. The van der Waals surface area contributed by atoms with Crippen LogP contribution in [0.15, 0.2) is 0 Å². The SMILES string of the molecule is OC1CCCC1NCC1CCSC1. The van der Waals surface area contributed by atoms with E-state index in [0.29, 0.717) is 6.04 Å². The van der Waals surface area contributed by atoms with Gasteiger partial charge in [-0.2, -0.15) is 11.8 Å². The molecule has 2 aliphatic rings. The fourth-order valence-electron chi connectivity index (χ4n) is 2.24. The highest BCUT2D eigenvalue weighted by Crippen LogP contribution is 2.24. The number of aliphatic hydroxyl groups excluding tert-OH is 1. The summed E-state index contributed by atoms with van der Waals surface area (Å²) >= 11 is 2.06. The summed E-state index contributed by atoms with van der Waals surface area (Å²) in [6.07, 6.45) is 4.64. The van der Waals surface area contributed by atoms with E-state index in [4.69, 9.17) is 0 Å². The second-order valence-electron chi connectivity index (χ2n) is 4.24. The maximum atomic E-state index is 9.60. The van der Waals surface area contributed by atoms with E-state index in [9.17, 15) is 5.11 Å². The minimum absolute atomic E-state index is 0.0749. The van der Waals surface area contributed by atoms with Crippen LogP contribution in [0.3, 0.4) is 0 Å². The van der Waals surface area contributed by atoms with Crippen molar-refractivity contribution in [1.29, 1.82) is 0 Å². The first kappa shape index (κ1) is 9.81. The summed E-state index contributed by atoms with van der Waals surface area (Å²) in [6, 6.07) is 0.394. The van der Waals surface area contributed by atoms with Crippen molar-refractivity contribution in [3.63, 3.8) is 0 Å². The molecule has 0 aromatic heterocycles.